The summed E-state index contributed by atoms with van der Waals surface area (Å²) in [5, 5.41) is 33.1. The third-order valence-electron chi connectivity index (χ3n) is 7.01. The molecule has 1 unspecified atom stereocenters. The van der Waals surface area contributed by atoms with E-state index in [9.17, 15) is 13.9 Å². The van der Waals surface area contributed by atoms with Crippen LogP contribution < -0.4 is 10.2 Å². The quantitative estimate of drug-likeness (QED) is 0.619. The smallest absolute Gasteiger partial charge is 0.172 e. The number of aromatic hydroxyl groups is 1. The van der Waals surface area contributed by atoms with E-state index in [0.717, 1.165) is 31.7 Å². The Morgan fingerprint density at radius 2 is 1.70 bits per heavy atom. The van der Waals surface area contributed by atoms with E-state index in [2.05, 4.69) is 49.7 Å². The average Bonchev–Trinajstić information content (AvgIpc) is 3.03. The van der Waals surface area contributed by atoms with E-state index in [-0.39, 0.29) is 39.5 Å². The van der Waals surface area contributed by atoms with Crippen molar-refractivity contribution in [2.45, 2.75) is 56.7 Å². The Kier molecular flexibility index (Phi) is 5.00. The molecule has 1 aromatic carbocycles. The van der Waals surface area contributed by atoms with Crippen molar-refractivity contribution < 1.29 is 13.9 Å². The van der Waals surface area contributed by atoms with E-state index in [4.69, 9.17) is 0 Å². The highest BCUT2D eigenvalue weighted by Gasteiger charge is 2.49. The van der Waals surface area contributed by atoms with E-state index in [0.29, 0.717) is 5.82 Å². The molecule has 0 spiro atoms. The van der Waals surface area contributed by atoms with Crippen LogP contribution in [0.1, 0.15) is 39.5 Å². The third kappa shape index (κ3) is 3.78. The first-order chi connectivity index (χ1) is 15.7. The highest BCUT2D eigenvalue weighted by Crippen LogP contribution is 2.44. The first-order valence-electron chi connectivity index (χ1n) is 10.9. The van der Waals surface area contributed by atoms with E-state index < -0.39 is 17.4 Å². The predicted molar refractivity (Wildman–Crippen MR) is 118 cm³/mol. The first kappa shape index (κ1) is 21.6. The van der Waals surface area contributed by atoms with Crippen molar-refractivity contribution in [3.63, 3.8) is 0 Å². The van der Waals surface area contributed by atoms with Gasteiger partial charge in [0.25, 0.3) is 0 Å². The molecule has 0 radical (unpaired) electrons. The number of anilines is 1. The Morgan fingerprint density at radius 3 is 2.30 bits per heavy atom. The zero-order valence-electron chi connectivity index (χ0n) is 18.7. The Labute approximate surface area is 190 Å². The molecule has 2 bridgehead atoms. The lowest BCUT2D eigenvalue weighted by Gasteiger charge is -2.45. The molecule has 2 saturated heterocycles. The molecule has 2 fully saturated rings. The van der Waals surface area contributed by atoms with E-state index in [1.807, 2.05) is 7.05 Å². The van der Waals surface area contributed by atoms with Crippen LogP contribution in [0, 0.1) is 11.6 Å². The third-order valence-corrected chi connectivity index (χ3v) is 7.01. The maximum atomic E-state index is 14.9. The Balaban J connectivity index is 1.43. The van der Waals surface area contributed by atoms with Crippen molar-refractivity contribution in [1.29, 1.82) is 0 Å². The highest BCUT2D eigenvalue weighted by atomic mass is 19.2. The topological polar surface area (TPSA) is 100.0 Å². The molecule has 2 aliphatic rings. The molecule has 0 aliphatic carbocycles. The van der Waals surface area contributed by atoms with Crippen molar-refractivity contribution in [2.24, 2.45) is 0 Å². The summed E-state index contributed by atoms with van der Waals surface area (Å²) in [4.78, 5) is 2.10. The highest BCUT2D eigenvalue weighted by molar-refractivity contribution is 5.75. The molecule has 2 aliphatic heterocycles. The molecule has 8 nitrogen and oxygen atoms in total. The second-order valence-corrected chi connectivity index (χ2v) is 9.68. The van der Waals surface area contributed by atoms with Gasteiger partial charge in [0.15, 0.2) is 17.5 Å². The van der Waals surface area contributed by atoms with Gasteiger partial charge in [0, 0.05) is 35.3 Å². The fraction of sp³-hybridized carbons (Fsp3) is 0.435. The van der Waals surface area contributed by atoms with Crippen LogP contribution in [0.5, 0.6) is 5.75 Å². The van der Waals surface area contributed by atoms with E-state index in [1.54, 1.807) is 12.1 Å². The van der Waals surface area contributed by atoms with Crippen LogP contribution in [0.2, 0.25) is 0 Å². The second kappa shape index (κ2) is 7.65. The van der Waals surface area contributed by atoms with Gasteiger partial charge < -0.3 is 15.3 Å². The first-order valence-corrected chi connectivity index (χ1v) is 10.9. The molecule has 2 aromatic heterocycles. The number of hydrogen-bond acceptors (Lipinski definition) is 8. The molecule has 10 heteroatoms. The average molecular weight is 453 g/mol. The zero-order valence-corrected chi connectivity index (χ0v) is 18.7. The molecule has 0 amide bonds. The number of benzene rings is 1. The summed E-state index contributed by atoms with van der Waals surface area (Å²) in [7, 11) is 1.98. The maximum absolute atomic E-state index is 14.9. The largest absolute Gasteiger partial charge is 0.507 e. The van der Waals surface area contributed by atoms with Gasteiger partial charge in [0.05, 0.1) is 23.7 Å². The van der Waals surface area contributed by atoms with Crippen molar-refractivity contribution in [3.05, 3.63) is 42.2 Å². The van der Waals surface area contributed by atoms with Crippen LogP contribution in [0.15, 0.2) is 30.6 Å². The number of hydrogen-bond donors (Lipinski definition) is 2. The molecule has 3 aromatic rings. The molecule has 0 saturated carbocycles. The monoisotopic (exact) mass is 453 g/mol. The summed E-state index contributed by atoms with van der Waals surface area (Å²) in [5.41, 5.74) is -0.0518. The standard InChI is InChI=1S/C23H25F2N7O/c1-22-6-7-23(2,30-22)10-14(9-22)32(3)18-5-4-16(28-29-18)19-17(33)8-15(20(24)21(19)25)13-11-26-31-27-12-13/h4-5,8,11-12,14,30,33H,6-7,9-10H2,1-3H3/t14?,22-,23+. The number of phenolic OH excluding ortho intramolecular Hbond substituents is 1. The second-order valence-electron chi connectivity index (χ2n) is 9.68. The van der Waals surface area contributed by atoms with E-state index >= 15 is 0 Å². The van der Waals surface area contributed by atoms with Gasteiger partial charge in [0.2, 0.25) is 0 Å². The molecule has 172 valence electrons. The minimum absolute atomic E-state index is 0.0443. The number of nitrogens with zero attached hydrogens (tertiary/aromatic N) is 6. The van der Waals surface area contributed by atoms with E-state index in [1.165, 1.54) is 12.4 Å². The van der Waals surface area contributed by atoms with Gasteiger partial charge in [-0.2, -0.15) is 0 Å². The normalized spacial score (nSPS) is 26.4. The fourth-order valence-corrected chi connectivity index (χ4v) is 5.38. The number of aromatic nitrogens is 5. The van der Waals surface area contributed by atoms with Crippen LogP contribution in [0.25, 0.3) is 22.4 Å². The SMILES string of the molecule is CN(c1ccc(-c2c(O)cc(-c3cnnnc3)c(F)c2F)nn1)C1C[C@]2(C)CC[C@](C)(C1)N2. The summed E-state index contributed by atoms with van der Waals surface area (Å²) in [6.45, 7) is 4.52. The molecular formula is C23H25F2N7O. The summed E-state index contributed by atoms with van der Waals surface area (Å²) in [5.74, 6) is -2.16. The van der Waals surface area contributed by atoms with Crippen LogP contribution in [0.4, 0.5) is 14.6 Å². The van der Waals surface area contributed by atoms with Gasteiger partial charge in [-0.15, -0.1) is 20.4 Å². The summed E-state index contributed by atoms with van der Waals surface area (Å²) in [6.07, 6.45) is 6.74. The number of piperidine rings is 1. The van der Waals surface area contributed by atoms with Gasteiger partial charge in [-0.1, -0.05) is 0 Å². The van der Waals surface area contributed by atoms with Crippen LogP contribution in [0.3, 0.4) is 0 Å². The van der Waals surface area contributed by atoms with Crippen molar-refractivity contribution in [1.82, 2.24) is 30.9 Å². The molecule has 5 rings (SSSR count). The van der Waals surface area contributed by atoms with Gasteiger partial charge in [-0.05, 0) is 62.9 Å². The fourth-order valence-electron chi connectivity index (χ4n) is 5.38. The minimum atomic E-state index is -1.21. The number of fused-ring (bicyclic) bond motifs is 2. The Morgan fingerprint density at radius 1 is 1.03 bits per heavy atom. The van der Waals surface area contributed by atoms with Gasteiger partial charge in [-0.3, -0.25) is 0 Å². The van der Waals surface area contributed by atoms with Gasteiger partial charge >= 0.3 is 0 Å². The van der Waals surface area contributed by atoms with Crippen LogP contribution in [-0.4, -0.2) is 54.9 Å². The lowest BCUT2D eigenvalue weighted by atomic mass is 9.84. The summed E-state index contributed by atoms with van der Waals surface area (Å²) >= 11 is 0. The number of nitrogens with one attached hydrogen (secondary N) is 1. The van der Waals surface area contributed by atoms with Crippen molar-refractivity contribution >= 4 is 5.82 Å². The zero-order chi connectivity index (χ0) is 23.4. The van der Waals surface area contributed by atoms with Crippen molar-refractivity contribution in [3.8, 4) is 28.1 Å². The van der Waals surface area contributed by atoms with Gasteiger partial charge in [-0.25, -0.2) is 8.78 Å². The van der Waals surface area contributed by atoms with Crippen LogP contribution in [-0.2, 0) is 0 Å². The molecular weight excluding hydrogens is 428 g/mol. The van der Waals surface area contributed by atoms with Crippen LogP contribution >= 0.6 is 0 Å². The summed E-state index contributed by atoms with van der Waals surface area (Å²) < 4.78 is 29.7. The Bertz CT molecular complexity index is 1180. The Hall–Kier alpha value is -3.27. The molecule has 2 N–H and O–H groups in total. The maximum Gasteiger partial charge on any atom is 0.172 e. The lowest BCUT2D eigenvalue weighted by molar-refractivity contribution is 0.207. The summed E-state index contributed by atoms with van der Waals surface area (Å²) in [6, 6.07) is 4.68. The number of halogens is 2. The van der Waals surface area contributed by atoms with Gasteiger partial charge in [0.1, 0.15) is 5.75 Å². The predicted octanol–water partition coefficient (Wildman–Crippen LogP) is 3.48. The lowest BCUT2D eigenvalue weighted by Crippen LogP contribution is -2.58. The number of phenols is 1. The van der Waals surface area contributed by atoms with Crippen molar-refractivity contribution in [2.75, 3.05) is 11.9 Å². The minimum Gasteiger partial charge on any atom is -0.507 e. The number of rotatable bonds is 4. The molecule has 33 heavy (non-hydrogen) atoms. The molecule has 4 heterocycles. The molecule has 3 atom stereocenters.